The summed E-state index contributed by atoms with van der Waals surface area (Å²) in [6.07, 6.45) is 0. The van der Waals surface area contributed by atoms with Gasteiger partial charge < -0.3 is 5.11 Å². The summed E-state index contributed by atoms with van der Waals surface area (Å²) < 4.78 is 3.20. The molecular formula is C9H4I2O2S. The number of halogens is 2. The third-order valence-corrected chi connectivity index (χ3v) is 6.17. The number of aromatic carboxylic acids is 1. The Morgan fingerprint density at radius 3 is 2.79 bits per heavy atom. The lowest BCUT2D eigenvalue weighted by Gasteiger charge is -2.02. The largest absolute Gasteiger partial charge is 0.478 e. The SMILES string of the molecule is O=C(O)c1cc(I)c(I)c2sccc12. The topological polar surface area (TPSA) is 37.3 Å². The Labute approximate surface area is 112 Å². The lowest BCUT2D eigenvalue weighted by Crippen LogP contribution is -1.98. The molecule has 1 heterocycles. The highest BCUT2D eigenvalue weighted by Gasteiger charge is 2.14. The molecule has 0 fully saturated rings. The third-order valence-electron chi connectivity index (χ3n) is 1.87. The van der Waals surface area contributed by atoms with E-state index in [0.717, 1.165) is 17.2 Å². The molecule has 2 rings (SSSR count). The molecular weight excluding hydrogens is 426 g/mol. The van der Waals surface area contributed by atoms with Crippen molar-refractivity contribution in [3.05, 3.63) is 30.2 Å². The van der Waals surface area contributed by atoms with Gasteiger partial charge in [0.05, 0.1) is 5.56 Å². The molecule has 72 valence electrons. The van der Waals surface area contributed by atoms with Crippen molar-refractivity contribution in [3.63, 3.8) is 0 Å². The van der Waals surface area contributed by atoms with Gasteiger partial charge in [-0.2, -0.15) is 0 Å². The number of rotatable bonds is 1. The second kappa shape index (κ2) is 3.93. The van der Waals surface area contributed by atoms with E-state index in [1.807, 2.05) is 11.4 Å². The van der Waals surface area contributed by atoms with Gasteiger partial charge in [0.1, 0.15) is 0 Å². The molecule has 2 nitrogen and oxygen atoms in total. The van der Waals surface area contributed by atoms with Crippen LogP contribution in [0.5, 0.6) is 0 Å². The first-order valence-electron chi connectivity index (χ1n) is 3.69. The van der Waals surface area contributed by atoms with Crippen molar-refractivity contribution in [1.82, 2.24) is 0 Å². The number of benzene rings is 1. The van der Waals surface area contributed by atoms with E-state index in [2.05, 4.69) is 45.2 Å². The minimum atomic E-state index is -0.859. The number of carboxylic acid groups (broad SMARTS) is 1. The number of carbonyl (C=O) groups is 1. The molecule has 0 bridgehead atoms. The van der Waals surface area contributed by atoms with Crippen LogP contribution in [0.4, 0.5) is 0 Å². The standard InChI is InChI=1S/C9H4I2O2S/c10-6-3-5(9(12)13)4-1-2-14-8(4)7(6)11/h1-3H,(H,12,13). The first-order valence-corrected chi connectivity index (χ1v) is 6.73. The van der Waals surface area contributed by atoms with Crippen LogP contribution in [0.25, 0.3) is 10.1 Å². The Morgan fingerprint density at radius 1 is 1.43 bits per heavy atom. The molecule has 0 amide bonds. The van der Waals surface area contributed by atoms with Gasteiger partial charge in [0, 0.05) is 17.2 Å². The maximum Gasteiger partial charge on any atom is 0.336 e. The number of thiophene rings is 1. The van der Waals surface area contributed by atoms with E-state index in [-0.39, 0.29) is 0 Å². The molecule has 0 saturated heterocycles. The Bertz CT molecular complexity index is 519. The van der Waals surface area contributed by atoms with Crippen LogP contribution in [-0.2, 0) is 0 Å². The zero-order valence-electron chi connectivity index (χ0n) is 6.75. The normalized spacial score (nSPS) is 10.7. The molecule has 1 aromatic heterocycles. The first-order chi connectivity index (χ1) is 6.61. The maximum atomic E-state index is 11.0. The zero-order chi connectivity index (χ0) is 10.3. The van der Waals surface area contributed by atoms with Gasteiger partial charge >= 0.3 is 5.97 Å². The molecule has 0 atom stereocenters. The van der Waals surface area contributed by atoms with E-state index in [1.165, 1.54) is 0 Å². The molecule has 0 spiro atoms. The Hall–Kier alpha value is 0.110. The van der Waals surface area contributed by atoms with Crippen LogP contribution in [0, 0.1) is 7.14 Å². The number of fused-ring (bicyclic) bond motifs is 1. The van der Waals surface area contributed by atoms with Crippen LogP contribution >= 0.6 is 56.5 Å². The van der Waals surface area contributed by atoms with Gasteiger partial charge in [0.15, 0.2) is 0 Å². The fourth-order valence-electron chi connectivity index (χ4n) is 1.24. The molecule has 1 N–H and O–H groups in total. The van der Waals surface area contributed by atoms with Crippen molar-refractivity contribution >= 4 is 72.6 Å². The van der Waals surface area contributed by atoms with Crippen molar-refractivity contribution in [1.29, 1.82) is 0 Å². The predicted molar refractivity (Wildman–Crippen MR) is 74.2 cm³/mol. The van der Waals surface area contributed by atoms with Crippen molar-refractivity contribution < 1.29 is 9.90 Å². The van der Waals surface area contributed by atoms with Crippen LogP contribution in [-0.4, -0.2) is 11.1 Å². The molecule has 1 aromatic carbocycles. The Kier molecular flexibility index (Phi) is 2.98. The summed E-state index contributed by atoms with van der Waals surface area (Å²) >= 11 is 6.00. The van der Waals surface area contributed by atoms with Gasteiger partial charge in [-0.15, -0.1) is 11.3 Å². The van der Waals surface area contributed by atoms with Gasteiger partial charge in [-0.25, -0.2) is 4.79 Å². The molecule has 2 aromatic rings. The molecule has 0 aliphatic rings. The van der Waals surface area contributed by atoms with Crippen molar-refractivity contribution in [2.75, 3.05) is 0 Å². The number of hydrogen-bond donors (Lipinski definition) is 1. The Morgan fingerprint density at radius 2 is 2.14 bits per heavy atom. The molecule has 0 aliphatic carbocycles. The molecule has 0 aliphatic heterocycles. The monoisotopic (exact) mass is 430 g/mol. The molecule has 0 radical (unpaired) electrons. The van der Waals surface area contributed by atoms with Gasteiger partial charge in [-0.1, -0.05) is 0 Å². The second-order valence-electron chi connectivity index (χ2n) is 2.69. The highest BCUT2D eigenvalue weighted by molar-refractivity contribution is 14.1. The highest BCUT2D eigenvalue weighted by atomic mass is 127. The Balaban J connectivity index is 2.91. The van der Waals surface area contributed by atoms with Crippen molar-refractivity contribution in [3.8, 4) is 0 Å². The minimum Gasteiger partial charge on any atom is -0.478 e. The summed E-state index contributed by atoms with van der Waals surface area (Å²) in [6, 6.07) is 3.58. The quantitative estimate of drug-likeness (QED) is 0.700. The van der Waals surface area contributed by atoms with E-state index < -0.39 is 5.97 Å². The van der Waals surface area contributed by atoms with Crippen molar-refractivity contribution in [2.24, 2.45) is 0 Å². The second-order valence-corrected chi connectivity index (χ2v) is 5.85. The molecule has 14 heavy (non-hydrogen) atoms. The van der Waals surface area contributed by atoms with E-state index >= 15 is 0 Å². The van der Waals surface area contributed by atoms with Crippen LogP contribution in [0.2, 0.25) is 0 Å². The lowest BCUT2D eigenvalue weighted by atomic mass is 10.1. The van der Waals surface area contributed by atoms with Gasteiger partial charge in [-0.05, 0) is 62.7 Å². The minimum absolute atomic E-state index is 0.395. The molecule has 0 saturated carbocycles. The average molecular weight is 430 g/mol. The summed E-state index contributed by atoms with van der Waals surface area (Å²) in [7, 11) is 0. The highest BCUT2D eigenvalue weighted by Crippen LogP contribution is 2.32. The van der Waals surface area contributed by atoms with E-state index in [0.29, 0.717) is 5.56 Å². The van der Waals surface area contributed by atoms with Crippen molar-refractivity contribution in [2.45, 2.75) is 0 Å². The van der Waals surface area contributed by atoms with Gasteiger partial charge in [0.2, 0.25) is 0 Å². The predicted octanol–water partition coefficient (Wildman–Crippen LogP) is 3.81. The van der Waals surface area contributed by atoms with Crippen LogP contribution in [0.3, 0.4) is 0 Å². The van der Waals surface area contributed by atoms with Crippen LogP contribution < -0.4 is 0 Å². The van der Waals surface area contributed by atoms with Gasteiger partial charge in [-0.3, -0.25) is 0 Å². The lowest BCUT2D eigenvalue weighted by molar-refractivity contribution is 0.0699. The first kappa shape index (κ1) is 10.6. The van der Waals surface area contributed by atoms with E-state index in [9.17, 15) is 4.79 Å². The average Bonchev–Trinajstić information content (AvgIpc) is 2.59. The number of hydrogen-bond acceptors (Lipinski definition) is 2. The van der Waals surface area contributed by atoms with E-state index in [1.54, 1.807) is 17.4 Å². The smallest absolute Gasteiger partial charge is 0.336 e. The summed E-state index contributed by atoms with van der Waals surface area (Å²) in [4.78, 5) is 11.0. The van der Waals surface area contributed by atoms with Crippen LogP contribution in [0.15, 0.2) is 17.5 Å². The summed E-state index contributed by atoms with van der Waals surface area (Å²) in [6.45, 7) is 0. The van der Waals surface area contributed by atoms with Crippen LogP contribution in [0.1, 0.15) is 10.4 Å². The van der Waals surface area contributed by atoms with E-state index in [4.69, 9.17) is 5.11 Å². The third kappa shape index (κ3) is 1.65. The fraction of sp³-hybridized carbons (Fsp3) is 0. The molecule has 0 unspecified atom stereocenters. The molecule has 5 heteroatoms. The fourth-order valence-corrected chi connectivity index (χ4v) is 3.69. The number of carboxylic acids is 1. The maximum absolute atomic E-state index is 11.0. The zero-order valence-corrected chi connectivity index (χ0v) is 11.9. The summed E-state index contributed by atoms with van der Waals surface area (Å²) in [5, 5.41) is 11.8. The van der Waals surface area contributed by atoms with Gasteiger partial charge in [0.25, 0.3) is 0 Å². The summed E-state index contributed by atoms with van der Waals surface area (Å²) in [5.74, 6) is -0.859. The summed E-state index contributed by atoms with van der Waals surface area (Å²) in [5.41, 5.74) is 0.395.